The number of carbonyl (C=O) groups is 1. The van der Waals surface area contributed by atoms with Gasteiger partial charge in [0, 0.05) is 37.1 Å². The first-order chi connectivity index (χ1) is 14.7. The highest BCUT2D eigenvalue weighted by Gasteiger charge is 2.24. The molecule has 1 atom stereocenters. The van der Waals surface area contributed by atoms with Crippen LogP contribution in [0.3, 0.4) is 0 Å². The Kier molecular flexibility index (Phi) is 8.71. The van der Waals surface area contributed by atoms with Crippen LogP contribution in [0.2, 0.25) is 0 Å². The Bertz CT molecular complexity index is 815. The van der Waals surface area contributed by atoms with E-state index in [0.29, 0.717) is 19.0 Å². The molecule has 1 aliphatic rings. The van der Waals surface area contributed by atoms with Gasteiger partial charge in [0.15, 0.2) is 5.96 Å². The van der Waals surface area contributed by atoms with Crippen LogP contribution in [0.1, 0.15) is 49.1 Å². The summed E-state index contributed by atoms with van der Waals surface area (Å²) in [5.74, 6) is 0.845. The maximum Gasteiger partial charge on any atom is 0.224 e. The van der Waals surface area contributed by atoms with Crippen LogP contribution in [0.5, 0.6) is 0 Å². The van der Waals surface area contributed by atoms with Crippen molar-refractivity contribution < 1.29 is 4.79 Å². The molecule has 1 amide bonds. The van der Waals surface area contributed by atoms with Crippen molar-refractivity contribution in [2.45, 2.75) is 45.2 Å². The first kappa shape index (κ1) is 22.3. The summed E-state index contributed by atoms with van der Waals surface area (Å²) in [4.78, 5) is 20.2. The van der Waals surface area contributed by atoms with Crippen LogP contribution in [0.4, 0.5) is 5.69 Å². The third-order valence-corrected chi connectivity index (χ3v) is 6.26. The van der Waals surface area contributed by atoms with Crippen molar-refractivity contribution in [2.24, 2.45) is 4.99 Å². The first-order valence-electron chi connectivity index (χ1n) is 10.8. The Labute approximate surface area is 183 Å². The van der Waals surface area contributed by atoms with Crippen molar-refractivity contribution in [3.05, 3.63) is 52.2 Å². The van der Waals surface area contributed by atoms with E-state index >= 15 is 0 Å². The molecule has 3 N–H and O–H groups in total. The minimum Gasteiger partial charge on any atom is -0.354 e. The second-order valence-corrected chi connectivity index (χ2v) is 8.56. The van der Waals surface area contributed by atoms with Crippen molar-refractivity contribution in [3.63, 3.8) is 0 Å². The number of hydrogen-bond donors (Lipinski definition) is 3. The molecule has 1 aromatic carbocycles. The lowest BCUT2D eigenvalue weighted by molar-refractivity contribution is -0.116. The van der Waals surface area contributed by atoms with E-state index in [1.165, 1.54) is 17.7 Å². The highest BCUT2D eigenvalue weighted by molar-refractivity contribution is 7.10. The van der Waals surface area contributed by atoms with E-state index in [1.807, 2.05) is 36.5 Å². The number of rotatable bonds is 9. The smallest absolute Gasteiger partial charge is 0.224 e. The van der Waals surface area contributed by atoms with Crippen LogP contribution in [-0.4, -0.2) is 43.4 Å². The van der Waals surface area contributed by atoms with Crippen molar-refractivity contribution in [1.82, 2.24) is 15.5 Å². The van der Waals surface area contributed by atoms with Crippen LogP contribution in [0.25, 0.3) is 0 Å². The lowest BCUT2D eigenvalue weighted by Crippen LogP contribution is -2.42. The topological polar surface area (TPSA) is 68.8 Å². The molecule has 1 aliphatic heterocycles. The summed E-state index contributed by atoms with van der Waals surface area (Å²) in [7, 11) is 1.80. The summed E-state index contributed by atoms with van der Waals surface area (Å²) in [6.45, 7) is 5.79. The van der Waals surface area contributed by atoms with Gasteiger partial charge in [-0.2, -0.15) is 0 Å². The number of aliphatic imine (C=N–C) groups is 1. The third kappa shape index (κ3) is 6.57. The molecule has 0 radical (unpaired) electrons. The Morgan fingerprint density at radius 2 is 2.03 bits per heavy atom. The molecule has 2 heterocycles. The van der Waals surface area contributed by atoms with E-state index in [4.69, 9.17) is 0 Å². The molecule has 6 nitrogen and oxygen atoms in total. The van der Waals surface area contributed by atoms with Gasteiger partial charge in [-0.15, -0.1) is 11.3 Å². The fourth-order valence-electron chi connectivity index (χ4n) is 3.75. The molecule has 1 saturated heterocycles. The van der Waals surface area contributed by atoms with Gasteiger partial charge in [0.1, 0.15) is 0 Å². The minimum absolute atomic E-state index is 0.0571. The van der Waals surface area contributed by atoms with E-state index < -0.39 is 0 Å². The van der Waals surface area contributed by atoms with Gasteiger partial charge in [-0.1, -0.05) is 25.1 Å². The second kappa shape index (κ2) is 11.7. The Morgan fingerprint density at radius 3 is 2.73 bits per heavy atom. The predicted octanol–water partition coefficient (Wildman–Crippen LogP) is 3.99. The van der Waals surface area contributed by atoms with Gasteiger partial charge in [-0.25, -0.2) is 0 Å². The quantitative estimate of drug-likeness (QED) is 0.418. The summed E-state index contributed by atoms with van der Waals surface area (Å²) in [6.07, 6.45) is 3.94. The van der Waals surface area contributed by atoms with E-state index in [2.05, 4.69) is 49.4 Å². The molecule has 2 aromatic rings. The number of carbonyl (C=O) groups excluding carboxylic acids is 1. The van der Waals surface area contributed by atoms with Gasteiger partial charge in [0.2, 0.25) is 5.91 Å². The summed E-state index contributed by atoms with van der Waals surface area (Å²) >= 11 is 1.82. The maximum atomic E-state index is 11.8. The van der Waals surface area contributed by atoms with E-state index in [-0.39, 0.29) is 5.91 Å². The number of benzene rings is 1. The SMILES string of the molecule is CCCC(=O)Nc1cccc(CNC(=NC)NCC(c2cccs2)N2CCCC2)c1. The average Bonchev–Trinajstić information content (AvgIpc) is 3.46. The summed E-state index contributed by atoms with van der Waals surface area (Å²) in [5.41, 5.74) is 1.93. The van der Waals surface area contributed by atoms with Crippen LogP contribution < -0.4 is 16.0 Å². The van der Waals surface area contributed by atoms with Gasteiger partial charge in [0.25, 0.3) is 0 Å². The number of thiophene rings is 1. The Balaban J connectivity index is 1.53. The van der Waals surface area contributed by atoms with Crippen LogP contribution in [0.15, 0.2) is 46.8 Å². The minimum atomic E-state index is 0.0571. The van der Waals surface area contributed by atoms with Crippen LogP contribution in [0, 0.1) is 0 Å². The Morgan fingerprint density at radius 1 is 1.20 bits per heavy atom. The van der Waals surface area contributed by atoms with Crippen LogP contribution in [-0.2, 0) is 11.3 Å². The highest BCUT2D eigenvalue weighted by atomic mass is 32.1. The summed E-state index contributed by atoms with van der Waals surface area (Å²) in [6, 6.07) is 12.7. The van der Waals surface area contributed by atoms with Crippen molar-refractivity contribution in [3.8, 4) is 0 Å². The second-order valence-electron chi connectivity index (χ2n) is 7.58. The predicted molar refractivity (Wildman–Crippen MR) is 126 cm³/mol. The maximum absolute atomic E-state index is 11.8. The largest absolute Gasteiger partial charge is 0.354 e. The standard InChI is InChI=1S/C23H33N5OS/c1-3-8-22(29)27-19-10-6-9-18(15-19)16-25-23(24-2)26-17-20(21-11-7-14-30-21)28-12-4-5-13-28/h6-7,9-11,14-15,20H,3-5,8,12-13,16-17H2,1-2H3,(H,27,29)(H2,24,25,26). The lowest BCUT2D eigenvalue weighted by Gasteiger charge is -2.27. The van der Waals surface area contributed by atoms with Gasteiger partial charge < -0.3 is 16.0 Å². The molecule has 0 bridgehead atoms. The molecule has 30 heavy (non-hydrogen) atoms. The zero-order chi connectivity index (χ0) is 21.2. The van der Waals surface area contributed by atoms with E-state index in [9.17, 15) is 4.79 Å². The van der Waals surface area contributed by atoms with Gasteiger partial charge in [0.05, 0.1) is 6.04 Å². The van der Waals surface area contributed by atoms with Gasteiger partial charge in [-0.3, -0.25) is 14.7 Å². The van der Waals surface area contributed by atoms with Crippen molar-refractivity contribution in [2.75, 3.05) is 32.0 Å². The van der Waals surface area contributed by atoms with Gasteiger partial charge >= 0.3 is 0 Å². The number of likely N-dealkylation sites (tertiary alicyclic amines) is 1. The Hall–Kier alpha value is -2.38. The molecule has 0 saturated carbocycles. The number of anilines is 1. The summed E-state index contributed by atoms with van der Waals surface area (Å²) in [5, 5.41) is 12.0. The fourth-order valence-corrected chi connectivity index (χ4v) is 4.61. The molecule has 1 fully saturated rings. The molecule has 7 heteroatoms. The first-order valence-corrected chi connectivity index (χ1v) is 11.7. The normalized spacial score (nSPS) is 15.7. The molecular formula is C23H33N5OS. The lowest BCUT2D eigenvalue weighted by atomic mass is 10.2. The van der Waals surface area contributed by atoms with E-state index in [0.717, 1.165) is 43.3 Å². The number of hydrogen-bond acceptors (Lipinski definition) is 4. The molecular weight excluding hydrogens is 394 g/mol. The molecule has 162 valence electrons. The molecule has 0 spiro atoms. The number of nitrogens with one attached hydrogen (secondary N) is 3. The van der Waals surface area contributed by atoms with Gasteiger partial charge in [-0.05, 0) is 61.5 Å². The molecule has 1 aromatic heterocycles. The summed E-state index contributed by atoms with van der Waals surface area (Å²) < 4.78 is 0. The number of amides is 1. The monoisotopic (exact) mass is 427 g/mol. The van der Waals surface area contributed by atoms with Crippen LogP contribution >= 0.6 is 11.3 Å². The fraction of sp³-hybridized carbons (Fsp3) is 0.478. The number of guanidine groups is 1. The zero-order valence-electron chi connectivity index (χ0n) is 18.0. The third-order valence-electron chi connectivity index (χ3n) is 5.29. The zero-order valence-corrected chi connectivity index (χ0v) is 18.8. The van der Waals surface area contributed by atoms with E-state index in [1.54, 1.807) is 7.05 Å². The number of nitrogens with zero attached hydrogens (tertiary/aromatic N) is 2. The average molecular weight is 428 g/mol. The molecule has 0 aliphatic carbocycles. The van der Waals surface area contributed by atoms with Crippen molar-refractivity contribution in [1.29, 1.82) is 0 Å². The highest BCUT2D eigenvalue weighted by Crippen LogP contribution is 2.27. The van der Waals surface area contributed by atoms with Crippen molar-refractivity contribution >= 4 is 28.9 Å². The molecule has 1 unspecified atom stereocenters. The molecule has 3 rings (SSSR count).